The molecule has 0 bridgehead atoms. The van der Waals surface area contributed by atoms with Crippen LogP contribution in [0.3, 0.4) is 0 Å². The third-order valence-corrected chi connectivity index (χ3v) is 5.81. The van der Waals surface area contributed by atoms with Crippen LogP contribution in [-0.2, 0) is 4.74 Å². The largest absolute Gasteiger partial charge is 0.497 e. The molecule has 0 radical (unpaired) electrons. The highest BCUT2D eigenvalue weighted by Gasteiger charge is 2.26. The highest BCUT2D eigenvalue weighted by atomic mass is 16.5. The second-order valence-electron chi connectivity index (χ2n) is 7.85. The Balaban J connectivity index is 1.42. The van der Waals surface area contributed by atoms with Gasteiger partial charge in [0.2, 0.25) is 0 Å². The minimum Gasteiger partial charge on any atom is -0.497 e. The number of hydrogen-bond acceptors (Lipinski definition) is 5. The monoisotopic (exact) mass is 390 g/mol. The number of rotatable bonds is 6. The normalized spacial score (nSPS) is 21.7. The molecule has 2 amide bonds. The molecule has 156 valence electrons. The summed E-state index contributed by atoms with van der Waals surface area (Å²) in [5.74, 6) is 0.806. The Morgan fingerprint density at radius 3 is 2.79 bits per heavy atom. The lowest BCUT2D eigenvalue weighted by atomic mass is 10.0. The van der Waals surface area contributed by atoms with Crippen molar-refractivity contribution in [2.75, 3.05) is 67.1 Å². The molecule has 7 nitrogen and oxygen atoms in total. The molecule has 0 aliphatic carbocycles. The molecular weight excluding hydrogens is 356 g/mol. The van der Waals surface area contributed by atoms with Crippen molar-refractivity contribution in [3.05, 3.63) is 29.8 Å². The van der Waals surface area contributed by atoms with Crippen molar-refractivity contribution in [2.24, 2.45) is 0 Å². The molecular formula is C21H34N4O3. The fourth-order valence-electron chi connectivity index (χ4n) is 3.97. The Morgan fingerprint density at radius 2 is 2.07 bits per heavy atom. The zero-order valence-corrected chi connectivity index (χ0v) is 17.4. The number of morpholine rings is 1. The van der Waals surface area contributed by atoms with Gasteiger partial charge in [-0.05, 0) is 57.7 Å². The first-order valence-corrected chi connectivity index (χ1v) is 10.2. The predicted molar refractivity (Wildman–Crippen MR) is 110 cm³/mol. The molecule has 0 saturated carbocycles. The van der Waals surface area contributed by atoms with Crippen molar-refractivity contribution in [1.82, 2.24) is 20.0 Å². The summed E-state index contributed by atoms with van der Waals surface area (Å²) in [5.41, 5.74) is 1.04. The Kier molecular flexibility index (Phi) is 7.53. The van der Waals surface area contributed by atoms with Crippen molar-refractivity contribution in [1.29, 1.82) is 0 Å². The van der Waals surface area contributed by atoms with Crippen LogP contribution < -0.4 is 10.1 Å². The third-order valence-electron chi connectivity index (χ3n) is 5.81. The van der Waals surface area contributed by atoms with Crippen LogP contribution in [0.2, 0.25) is 0 Å². The van der Waals surface area contributed by atoms with Crippen LogP contribution in [0.4, 0.5) is 4.79 Å². The summed E-state index contributed by atoms with van der Waals surface area (Å²) in [7, 11) is 5.97. The Labute approximate surface area is 168 Å². The topological polar surface area (TPSA) is 57.3 Å². The Bertz CT molecular complexity index is 632. The van der Waals surface area contributed by atoms with E-state index in [9.17, 15) is 4.79 Å². The highest BCUT2D eigenvalue weighted by molar-refractivity contribution is 5.74. The molecule has 2 saturated heterocycles. The zero-order valence-electron chi connectivity index (χ0n) is 17.4. The number of carbonyl (C=O) groups excluding carboxylic acids is 1. The molecule has 1 unspecified atom stereocenters. The lowest BCUT2D eigenvalue weighted by Gasteiger charge is -2.36. The fourth-order valence-corrected chi connectivity index (χ4v) is 3.97. The van der Waals surface area contributed by atoms with Crippen LogP contribution in [0, 0.1) is 0 Å². The number of benzene rings is 1. The number of amides is 2. The van der Waals surface area contributed by atoms with Crippen LogP contribution in [0.1, 0.15) is 24.5 Å². The number of urea groups is 1. The Hall–Kier alpha value is -1.83. The number of carbonyl (C=O) groups is 1. The molecule has 1 atom stereocenters. The maximum Gasteiger partial charge on any atom is 0.317 e. The van der Waals surface area contributed by atoms with Gasteiger partial charge in [0.1, 0.15) is 11.9 Å². The summed E-state index contributed by atoms with van der Waals surface area (Å²) < 4.78 is 11.2. The van der Waals surface area contributed by atoms with Crippen molar-refractivity contribution in [3.63, 3.8) is 0 Å². The number of nitrogens with zero attached hydrogens (tertiary/aromatic N) is 3. The average molecular weight is 391 g/mol. The SMILES string of the molecule is COc1cccc(C2CN(C(=O)NCCN3CCC(N(C)C)CC3)CCO2)c1. The van der Waals surface area contributed by atoms with Gasteiger partial charge in [-0.2, -0.15) is 0 Å². The summed E-state index contributed by atoms with van der Waals surface area (Å²) in [6, 6.07) is 8.55. The second kappa shape index (κ2) is 10.1. The second-order valence-corrected chi connectivity index (χ2v) is 7.85. The van der Waals surface area contributed by atoms with Crippen LogP contribution in [-0.4, -0.2) is 93.9 Å². The molecule has 2 fully saturated rings. The van der Waals surface area contributed by atoms with E-state index >= 15 is 0 Å². The molecule has 28 heavy (non-hydrogen) atoms. The molecule has 0 spiro atoms. The van der Waals surface area contributed by atoms with Gasteiger partial charge in [0.25, 0.3) is 0 Å². The number of piperidine rings is 1. The van der Waals surface area contributed by atoms with Crippen LogP contribution in [0.15, 0.2) is 24.3 Å². The lowest BCUT2D eigenvalue weighted by molar-refractivity contribution is -0.0155. The van der Waals surface area contributed by atoms with Crippen molar-refractivity contribution >= 4 is 6.03 Å². The van der Waals surface area contributed by atoms with Gasteiger partial charge in [0.05, 0.1) is 20.3 Å². The van der Waals surface area contributed by atoms with Crippen LogP contribution >= 0.6 is 0 Å². The quantitative estimate of drug-likeness (QED) is 0.803. The highest BCUT2D eigenvalue weighted by Crippen LogP contribution is 2.25. The molecule has 2 aliphatic rings. The van der Waals surface area contributed by atoms with Gasteiger partial charge in [0, 0.05) is 25.7 Å². The number of likely N-dealkylation sites (tertiary alicyclic amines) is 1. The van der Waals surface area contributed by atoms with Gasteiger partial charge < -0.3 is 29.5 Å². The number of ether oxygens (including phenoxy) is 2. The van der Waals surface area contributed by atoms with E-state index < -0.39 is 0 Å². The molecule has 2 heterocycles. The lowest BCUT2D eigenvalue weighted by Crippen LogP contribution is -2.49. The van der Waals surface area contributed by atoms with E-state index in [1.165, 1.54) is 12.8 Å². The molecule has 1 aromatic rings. The molecule has 3 rings (SSSR count). The molecule has 0 aromatic heterocycles. The van der Waals surface area contributed by atoms with Crippen LogP contribution in [0.5, 0.6) is 5.75 Å². The zero-order chi connectivity index (χ0) is 19.9. The maximum atomic E-state index is 12.6. The molecule has 1 N–H and O–H groups in total. The van der Waals surface area contributed by atoms with Crippen molar-refractivity contribution < 1.29 is 14.3 Å². The predicted octanol–water partition coefficient (Wildman–Crippen LogP) is 1.80. The van der Waals surface area contributed by atoms with E-state index in [0.29, 0.717) is 32.3 Å². The van der Waals surface area contributed by atoms with Crippen molar-refractivity contribution in [2.45, 2.75) is 25.0 Å². The van der Waals surface area contributed by atoms with E-state index in [1.807, 2.05) is 29.2 Å². The first-order valence-electron chi connectivity index (χ1n) is 10.2. The Morgan fingerprint density at radius 1 is 1.29 bits per heavy atom. The first-order chi connectivity index (χ1) is 13.6. The summed E-state index contributed by atoms with van der Waals surface area (Å²) in [5, 5.41) is 3.08. The van der Waals surface area contributed by atoms with Crippen molar-refractivity contribution in [3.8, 4) is 5.75 Å². The number of methoxy groups -OCH3 is 1. The van der Waals surface area contributed by atoms with Gasteiger partial charge in [-0.25, -0.2) is 4.79 Å². The van der Waals surface area contributed by atoms with Gasteiger partial charge >= 0.3 is 6.03 Å². The minimum absolute atomic E-state index is 0.000580. The van der Waals surface area contributed by atoms with Gasteiger partial charge in [0.15, 0.2) is 0 Å². The fraction of sp³-hybridized carbons (Fsp3) is 0.667. The van der Waals surface area contributed by atoms with Gasteiger partial charge in [-0.15, -0.1) is 0 Å². The summed E-state index contributed by atoms with van der Waals surface area (Å²) in [6.45, 7) is 5.55. The van der Waals surface area contributed by atoms with Crippen LogP contribution in [0.25, 0.3) is 0 Å². The van der Waals surface area contributed by atoms with E-state index in [1.54, 1.807) is 7.11 Å². The minimum atomic E-state index is -0.111. The molecule has 1 aromatic carbocycles. The smallest absolute Gasteiger partial charge is 0.317 e. The van der Waals surface area contributed by atoms with E-state index in [4.69, 9.17) is 9.47 Å². The maximum absolute atomic E-state index is 12.6. The molecule has 7 heteroatoms. The summed E-state index contributed by atoms with van der Waals surface area (Å²) >= 11 is 0. The van der Waals surface area contributed by atoms with E-state index in [2.05, 4.69) is 29.2 Å². The van der Waals surface area contributed by atoms with E-state index in [0.717, 1.165) is 30.9 Å². The van der Waals surface area contributed by atoms with Gasteiger partial charge in [-0.1, -0.05) is 12.1 Å². The third kappa shape index (κ3) is 5.59. The first kappa shape index (κ1) is 20.9. The summed E-state index contributed by atoms with van der Waals surface area (Å²) in [4.78, 5) is 19.2. The number of hydrogen-bond donors (Lipinski definition) is 1. The standard InChI is InChI=1S/C21H34N4O3/c1-23(2)18-7-10-24(11-8-18)12-9-22-21(26)25-13-14-28-20(16-25)17-5-4-6-19(15-17)27-3/h4-6,15,18,20H,7-14,16H2,1-3H3,(H,22,26). The van der Waals surface area contributed by atoms with E-state index in [-0.39, 0.29) is 12.1 Å². The number of nitrogens with one attached hydrogen (secondary N) is 1. The summed E-state index contributed by atoms with van der Waals surface area (Å²) in [6.07, 6.45) is 2.29. The molecule has 2 aliphatic heterocycles. The average Bonchev–Trinajstić information content (AvgIpc) is 2.74. The van der Waals surface area contributed by atoms with Gasteiger partial charge in [-0.3, -0.25) is 0 Å².